The largest absolute Gasteiger partial charge is 0.455 e. The molecule has 118 valence electrons. The van der Waals surface area contributed by atoms with Gasteiger partial charge in [0.1, 0.15) is 17.4 Å². The number of non-ortho nitro benzene ring substituents is 1. The van der Waals surface area contributed by atoms with Gasteiger partial charge in [-0.2, -0.15) is 13.2 Å². The number of hydrogen-bond acceptors (Lipinski definition) is 5. The maximum absolute atomic E-state index is 12.3. The van der Waals surface area contributed by atoms with Gasteiger partial charge < -0.3 is 10.2 Å². The molecule has 0 unspecified atom stereocenters. The van der Waals surface area contributed by atoms with E-state index in [1.54, 1.807) is 6.07 Å². The highest BCUT2D eigenvalue weighted by Crippen LogP contribution is 2.25. The molecule has 0 aliphatic rings. The molecule has 2 aromatic rings. The van der Waals surface area contributed by atoms with Gasteiger partial charge >= 0.3 is 6.18 Å². The molecule has 1 aromatic carbocycles. The number of fused-ring (bicyclic) bond motifs is 1. The van der Waals surface area contributed by atoms with Gasteiger partial charge in [-0.05, 0) is 19.1 Å². The molecule has 0 saturated heterocycles. The summed E-state index contributed by atoms with van der Waals surface area (Å²) in [6.07, 6.45) is -4.52. The van der Waals surface area contributed by atoms with Crippen LogP contribution in [0, 0.1) is 10.1 Å². The monoisotopic (exact) mass is 315 g/mol. The van der Waals surface area contributed by atoms with Crippen molar-refractivity contribution in [2.45, 2.75) is 19.1 Å². The Morgan fingerprint density at radius 1 is 1.45 bits per heavy atom. The molecule has 0 spiro atoms. The van der Waals surface area contributed by atoms with E-state index >= 15 is 0 Å². The summed E-state index contributed by atoms with van der Waals surface area (Å²) in [5.74, 6) is 0.241. The van der Waals surface area contributed by atoms with Crippen molar-refractivity contribution in [1.29, 1.82) is 0 Å². The van der Waals surface area contributed by atoms with Crippen molar-refractivity contribution >= 4 is 22.4 Å². The van der Waals surface area contributed by atoms with Crippen LogP contribution in [-0.4, -0.2) is 29.4 Å². The number of alkyl halides is 3. The first kappa shape index (κ1) is 16.0. The summed E-state index contributed by atoms with van der Waals surface area (Å²) in [6.45, 7) is 0.863. The van der Waals surface area contributed by atoms with Crippen LogP contribution in [0.2, 0.25) is 0 Å². The van der Waals surface area contributed by atoms with Gasteiger partial charge in [-0.25, -0.2) is 0 Å². The number of nitrogens with two attached hydrogens (primary N) is 1. The zero-order valence-corrected chi connectivity index (χ0v) is 11.4. The number of nitrogens with zero attached hydrogens (tertiary/aromatic N) is 2. The van der Waals surface area contributed by atoms with Crippen molar-refractivity contribution in [3.63, 3.8) is 0 Å². The van der Waals surface area contributed by atoms with Crippen LogP contribution in [0.1, 0.15) is 12.7 Å². The summed E-state index contributed by atoms with van der Waals surface area (Å²) in [6, 6.07) is 3.56. The first-order valence-corrected chi connectivity index (χ1v) is 6.20. The quantitative estimate of drug-likeness (QED) is 0.533. The molecule has 9 heteroatoms. The van der Waals surface area contributed by atoms with Gasteiger partial charge in [0.15, 0.2) is 0 Å². The standard InChI is InChI=1S/C13H12F3N3O3/c1-7(18-6-12(17)13(14,15)16)10-4-8-2-3-9(19(20)21)5-11(8)22-10/h2-5,12H,6,17H2,1H3/t12-/m0/s1. The summed E-state index contributed by atoms with van der Waals surface area (Å²) < 4.78 is 42.3. The fourth-order valence-corrected chi connectivity index (χ4v) is 1.73. The van der Waals surface area contributed by atoms with Crippen LogP contribution in [0.15, 0.2) is 33.7 Å². The van der Waals surface area contributed by atoms with Crippen molar-refractivity contribution in [2.75, 3.05) is 6.54 Å². The van der Waals surface area contributed by atoms with Crippen molar-refractivity contribution in [1.82, 2.24) is 0 Å². The second kappa shape index (κ2) is 5.76. The third kappa shape index (κ3) is 3.42. The fourth-order valence-electron chi connectivity index (χ4n) is 1.73. The van der Waals surface area contributed by atoms with Gasteiger partial charge in [-0.1, -0.05) is 0 Å². The Bertz CT molecular complexity index is 737. The molecule has 0 radical (unpaired) electrons. The normalized spacial score (nSPS) is 14.3. The molecule has 0 saturated carbocycles. The molecule has 0 bridgehead atoms. The number of furan rings is 1. The smallest absolute Gasteiger partial charge is 0.405 e. The van der Waals surface area contributed by atoms with E-state index in [4.69, 9.17) is 10.2 Å². The maximum atomic E-state index is 12.3. The highest BCUT2D eigenvalue weighted by atomic mass is 19.4. The molecule has 6 nitrogen and oxygen atoms in total. The zero-order valence-electron chi connectivity index (χ0n) is 11.4. The zero-order chi connectivity index (χ0) is 16.5. The molecular formula is C13H12F3N3O3. The molecule has 1 heterocycles. The molecule has 2 N–H and O–H groups in total. The number of nitro groups is 1. The lowest BCUT2D eigenvalue weighted by Gasteiger charge is -2.12. The van der Waals surface area contributed by atoms with E-state index in [0.29, 0.717) is 5.39 Å². The minimum Gasteiger partial charge on any atom is -0.455 e. The third-order valence-electron chi connectivity index (χ3n) is 3.02. The SMILES string of the molecule is CC(=NC[C@H](N)C(F)(F)F)c1cc2ccc([N+](=O)[O-])cc2o1. The molecule has 1 aromatic heterocycles. The van der Waals surface area contributed by atoms with Crippen LogP contribution in [0.3, 0.4) is 0 Å². The first-order chi connectivity index (χ1) is 10.2. The molecule has 2 rings (SSSR count). The Hall–Kier alpha value is -2.42. The summed E-state index contributed by atoms with van der Waals surface area (Å²) in [5, 5.41) is 11.3. The summed E-state index contributed by atoms with van der Waals surface area (Å²) in [5.41, 5.74) is 5.33. The van der Waals surface area contributed by atoms with Gasteiger partial charge in [0.25, 0.3) is 5.69 Å². The number of halogens is 3. The second-order valence-electron chi connectivity index (χ2n) is 4.66. The number of benzene rings is 1. The summed E-state index contributed by atoms with van der Waals surface area (Å²) >= 11 is 0. The lowest BCUT2D eigenvalue weighted by Crippen LogP contribution is -2.40. The van der Waals surface area contributed by atoms with E-state index in [1.807, 2.05) is 0 Å². The van der Waals surface area contributed by atoms with Crippen molar-refractivity contribution in [3.8, 4) is 0 Å². The molecule has 22 heavy (non-hydrogen) atoms. The lowest BCUT2D eigenvalue weighted by atomic mass is 10.2. The average Bonchev–Trinajstić information content (AvgIpc) is 2.85. The highest BCUT2D eigenvalue weighted by molar-refractivity contribution is 6.00. The molecular weight excluding hydrogens is 303 g/mol. The second-order valence-corrected chi connectivity index (χ2v) is 4.66. The topological polar surface area (TPSA) is 94.7 Å². The van der Waals surface area contributed by atoms with Crippen LogP contribution >= 0.6 is 0 Å². The van der Waals surface area contributed by atoms with E-state index < -0.39 is 23.7 Å². The Morgan fingerprint density at radius 3 is 2.73 bits per heavy atom. The average molecular weight is 315 g/mol. The molecule has 0 aliphatic carbocycles. The van der Waals surface area contributed by atoms with Crippen molar-refractivity contribution in [2.24, 2.45) is 10.7 Å². The van der Waals surface area contributed by atoms with E-state index in [-0.39, 0.29) is 22.7 Å². The van der Waals surface area contributed by atoms with E-state index in [0.717, 1.165) is 0 Å². The van der Waals surface area contributed by atoms with Gasteiger partial charge in [0.05, 0.1) is 23.2 Å². The van der Waals surface area contributed by atoms with E-state index in [2.05, 4.69) is 4.99 Å². The number of aliphatic imine (C=N–C) groups is 1. The molecule has 0 fully saturated rings. The van der Waals surface area contributed by atoms with Gasteiger partial charge in [-0.15, -0.1) is 0 Å². The predicted octanol–water partition coefficient (Wildman–Crippen LogP) is 3.04. The number of hydrogen-bond donors (Lipinski definition) is 1. The van der Waals surface area contributed by atoms with Crippen LogP contribution in [-0.2, 0) is 0 Å². The van der Waals surface area contributed by atoms with Crippen molar-refractivity contribution < 1.29 is 22.5 Å². The maximum Gasteiger partial charge on any atom is 0.405 e. The summed E-state index contributed by atoms with van der Waals surface area (Å²) in [7, 11) is 0. The fraction of sp³-hybridized carbons (Fsp3) is 0.308. The van der Waals surface area contributed by atoms with Gasteiger partial charge in [-0.3, -0.25) is 15.1 Å². The highest BCUT2D eigenvalue weighted by Gasteiger charge is 2.36. The lowest BCUT2D eigenvalue weighted by molar-refractivity contribution is -0.384. The predicted molar refractivity (Wildman–Crippen MR) is 74.0 cm³/mol. The Morgan fingerprint density at radius 2 is 2.14 bits per heavy atom. The van der Waals surface area contributed by atoms with E-state index in [1.165, 1.54) is 25.1 Å². The van der Waals surface area contributed by atoms with E-state index in [9.17, 15) is 23.3 Å². The Labute approximate surface area is 122 Å². The summed E-state index contributed by atoms with van der Waals surface area (Å²) in [4.78, 5) is 13.9. The minimum atomic E-state index is -4.52. The molecule has 1 atom stereocenters. The Balaban J connectivity index is 2.25. The van der Waals surface area contributed by atoms with Gasteiger partial charge in [0, 0.05) is 11.5 Å². The van der Waals surface area contributed by atoms with Crippen LogP contribution < -0.4 is 5.73 Å². The molecule has 0 aliphatic heterocycles. The number of rotatable bonds is 4. The van der Waals surface area contributed by atoms with Crippen LogP contribution in [0.25, 0.3) is 11.0 Å². The van der Waals surface area contributed by atoms with Gasteiger partial charge in [0.2, 0.25) is 0 Å². The first-order valence-electron chi connectivity index (χ1n) is 6.20. The number of nitro benzene ring substituents is 1. The van der Waals surface area contributed by atoms with Crippen LogP contribution in [0.4, 0.5) is 18.9 Å². The molecule has 0 amide bonds. The van der Waals surface area contributed by atoms with Crippen molar-refractivity contribution in [3.05, 3.63) is 40.1 Å². The van der Waals surface area contributed by atoms with Crippen LogP contribution in [0.5, 0.6) is 0 Å². The Kier molecular flexibility index (Phi) is 4.18. The third-order valence-corrected chi connectivity index (χ3v) is 3.02. The minimum absolute atomic E-state index is 0.137.